The third-order valence-electron chi connectivity index (χ3n) is 4.01. The van der Waals surface area contributed by atoms with Crippen molar-refractivity contribution in [3.8, 4) is 0 Å². The number of benzene rings is 1. The molecule has 0 saturated carbocycles. The topological polar surface area (TPSA) is 62.3 Å². The molecule has 1 atom stereocenters. The first kappa shape index (κ1) is 15.2. The van der Waals surface area contributed by atoms with E-state index >= 15 is 0 Å². The van der Waals surface area contributed by atoms with E-state index in [1.165, 1.54) is 5.56 Å². The number of rotatable bonds is 5. The van der Waals surface area contributed by atoms with Crippen molar-refractivity contribution in [1.29, 1.82) is 0 Å². The molecule has 0 bridgehead atoms. The molecule has 1 N–H and O–H groups in total. The molecule has 23 heavy (non-hydrogen) atoms. The second-order valence-electron chi connectivity index (χ2n) is 5.69. The standard InChI is InChI=1S/C18H19N3O2/c22-17-12-16(20-18(23)15-6-9-19-10-7-15)13-21(17)11-8-14-4-2-1-3-5-14/h1-7,9-10,16H,8,11-13H2,(H,20,23). The lowest BCUT2D eigenvalue weighted by atomic mass is 10.1. The lowest BCUT2D eigenvalue weighted by Crippen LogP contribution is -2.37. The van der Waals surface area contributed by atoms with Crippen LogP contribution in [0.3, 0.4) is 0 Å². The third-order valence-corrected chi connectivity index (χ3v) is 4.01. The number of nitrogens with one attached hydrogen (secondary N) is 1. The second-order valence-corrected chi connectivity index (χ2v) is 5.69. The van der Waals surface area contributed by atoms with Gasteiger partial charge in [0.05, 0.1) is 6.04 Å². The molecule has 3 rings (SSSR count). The fourth-order valence-corrected chi connectivity index (χ4v) is 2.77. The van der Waals surface area contributed by atoms with Crippen molar-refractivity contribution in [2.45, 2.75) is 18.9 Å². The number of nitrogens with zero attached hydrogens (tertiary/aromatic N) is 2. The van der Waals surface area contributed by atoms with Crippen molar-refractivity contribution in [2.75, 3.05) is 13.1 Å². The van der Waals surface area contributed by atoms with E-state index < -0.39 is 0 Å². The van der Waals surface area contributed by atoms with Crippen molar-refractivity contribution in [3.63, 3.8) is 0 Å². The van der Waals surface area contributed by atoms with Crippen molar-refractivity contribution in [3.05, 3.63) is 66.0 Å². The van der Waals surface area contributed by atoms with Gasteiger partial charge < -0.3 is 10.2 Å². The average molecular weight is 309 g/mol. The third kappa shape index (κ3) is 3.94. The summed E-state index contributed by atoms with van der Waals surface area (Å²) >= 11 is 0. The Morgan fingerprint density at radius 2 is 1.91 bits per heavy atom. The first-order chi connectivity index (χ1) is 11.2. The number of aromatic nitrogens is 1. The van der Waals surface area contributed by atoms with Crippen LogP contribution in [0, 0.1) is 0 Å². The molecule has 118 valence electrons. The number of carbonyl (C=O) groups excluding carboxylic acids is 2. The molecule has 2 heterocycles. The van der Waals surface area contributed by atoms with Crippen LogP contribution >= 0.6 is 0 Å². The van der Waals surface area contributed by atoms with Crippen LogP contribution in [0.4, 0.5) is 0 Å². The van der Waals surface area contributed by atoms with Crippen LogP contribution in [0.2, 0.25) is 0 Å². The summed E-state index contributed by atoms with van der Waals surface area (Å²) in [6.07, 6.45) is 4.37. The first-order valence-corrected chi connectivity index (χ1v) is 7.75. The molecule has 0 spiro atoms. The summed E-state index contributed by atoms with van der Waals surface area (Å²) in [5.41, 5.74) is 1.78. The van der Waals surface area contributed by atoms with Crippen LogP contribution in [-0.2, 0) is 11.2 Å². The van der Waals surface area contributed by atoms with Gasteiger partial charge in [-0.15, -0.1) is 0 Å². The van der Waals surface area contributed by atoms with Crippen molar-refractivity contribution >= 4 is 11.8 Å². The summed E-state index contributed by atoms with van der Waals surface area (Å²) in [6.45, 7) is 1.26. The highest BCUT2D eigenvalue weighted by Crippen LogP contribution is 2.13. The molecule has 0 aliphatic carbocycles. The zero-order chi connectivity index (χ0) is 16.1. The van der Waals surface area contributed by atoms with Crippen LogP contribution in [0.5, 0.6) is 0 Å². The minimum Gasteiger partial charge on any atom is -0.347 e. The summed E-state index contributed by atoms with van der Waals surface area (Å²) in [4.78, 5) is 29.9. The van der Waals surface area contributed by atoms with E-state index in [2.05, 4.69) is 22.4 Å². The molecule has 1 unspecified atom stereocenters. The number of pyridine rings is 1. The average Bonchev–Trinajstić information content (AvgIpc) is 2.94. The van der Waals surface area contributed by atoms with Gasteiger partial charge in [-0.05, 0) is 24.1 Å². The predicted molar refractivity (Wildman–Crippen MR) is 86.8 cm³/mol. The zero-order valence-corrected chi connectivity index (χ0v) is 12.8. The molecule has 1 aliphatic heterocycles. The van der Waals surface area contributed by atoms with E-state index in [4.69, 9.17) is 0 Å². The van der Waals surface area contributed by atoms with Gasteiger partial charge in [-0.25, -0.2) is 0 Å². The normalized spacial score (nSPS) is 17.3. The molecule has 0 radical (unpaired) electrons. The van der Waals surface area contributed by atoms with Gasteiger partial charge >= 0.3 is 0 Å². The molecular weight excluding hydrogens is 290 g/mol. The van der Waals surface area contributed by atoms with E-state index in [-0.39, 0.29) is 17.9 Å². The molecule has 1 aliphatic rings. The Balaban J connectivity index is 1.52. The first-order valence-electron chi connectivity index (χ1n) is 7.75. The fourth-order valence-electron chi connectivity index (χ4n) is 2.77. The molecule has 5 heteroatoms. The van der Waals surface area contributed by atoms with Crippen molar-refractivity contribution in [1.82, 2.24) is 15.2 Å². The highest BCUT2D eigenvalue weighted by Gasteiger charge is 2.30. The van der Waals surface area contributed by atoms with Gasteiger partial charge in [0.25, 0.3) is 5.91 Å². The Morgan fingerprint density at radius 1 is 1.17 bits per heavy atom. The Morgan fingerprint density at radius 3 is 2.65 bits per heavy atom. The van der Waals surface area contributed by atoms with Crippen LogP contribution < -0.4 is 5.32 Å². The maximum absolute atomic E-state index is 12.1. The lowest BCUT2D eigenvalue weighted by Gasteiger charge is -2.17. The summed E-state index contributed by atoms with van der Waals surface area (Å²) < 4.78 is 0. The Bertz CT molecular complexity index is 673. The van der Waals surface area contributed by atoms with Crippen LogP contribution in [0.1, 0.15) is 22.3 Å². The van der Waals surface area contributed by atoms with Crippen LogP contribution in [0.25, 0.3) is 0 Å². The maximum atomic E-state index is 12.1. The van der Waals surface area contributed by atoms with Crippen LogP contribution in [-0.4, -0.2) is 40.8 Å². The van der Waals surface area contributed by atoms with E-state index in [0.29, 0.717) is 25.1 Å². The minimum atomic E-state index is -0.157. The highest BCUT2D eigenvalue weighted by molar-refractivity contribution is 5.94. The summed E-state index contributed by atoms with van der Waals surface area (Å²) in [5.74, 6) is -0.0592. The second kappa shape index (κ2) is 7.05. The summed E-state index contributed by atoms with van der Waals surface area (Å²) in [7, 11) is 0. The number of hydrogen-bond donors (Lipinski definition) is 1. The van der Waals surface area contributed by atoms with E-state index in [9.17, 15) is 9.59 Å². The largest absolute Gasteiger partial charge is 0.347 e. The Labute approximate surface area is 135 Å². The monoisotopic (exact) mass is 309 g/mol. The van der Waals surface area contributed by atoms with Gasteiger partial charge in [-0.3, -0.25) is 14.6 Å². The van der Waals surface area contributed by atoms with E-state index in [0.717, 1.165) is 6.42 Å². The van der Waals surface area contributed by atoms with Crippen LogP contribution in [0.15, 0.2) is 54.9 Å². The highest BCUT2D eigenvalue weighted by atomic mass is 16.2. The number of amides is 2. The Hall–Kier alpha value is -2.69. The fraction of sp³-hybridized carbons (Fsp3) is 0.278. The smallest absolute Gasteiger partial charge is 0.251 e. The van der Waals surface area contributed by atoms with E-state index in [1.54, 1.807) is 24.5 Å². The minimum absolute atomic E-state index is 0.0981. The molecule has 1 aromatic heterocycles. The summed E-state index contributed by atoms with van der Waals surface area (Å²) in [5, 5.41) is 2.92. The lowest BCUT2D eigenvalue weighted by molar-refractivity contribution is -0.127. The zero-order valence-electron chi connectivity index (χ0n) is 12.8. The van der Waals surface area contributed by atoms with Gasteiger partial charge in [0.1, 0.15) is 0 Å². The van der Waals surface area contributed by atoms with Gasteiger partial charge in [0, 0.05) is 37.5 Å². The van der Waals surface area contributed by atoms with Gasteiger partial charge in [-0.1, -0.05) is 30.3 Å². The Kier molecular flexibility index (Phi) is 4.66. The molecule has 5 nitrogen and oxygen atoms in total. The molecule has 1 aromatic carbocycles. The summed E-state index contributed by atoms with van der Waals surface area (Å²) in [6, 6.07) is 13.3. The molecule has 1 saturated heterocycles. The maximum Gasteiger partial charge on any atom is 0.251 e. The molecular formula is C18H19N3O2. The SMILES string of the molecule is O=C(NC1CC(=O)N(CCc2ccccc2)C1)c1ccncc1. The van der Waals surface area contributed by atoms with Gasteiger partial charge in [0.15, 0.2) is 0 Å². The molecule has 2 aromatic rings. The quantitative estimate of drug-likeness (QED) is 0.913. The predicted octanol–water partition coefficient (Wildman–Crippen LogP) is 1.65. The van der Waals surface area contributed by atoms with Gasteiger partial charge in [0.2, 0.25) is 5.91 Å². The number of carbonyl (C=O) groups is 2. The number of hydrogen-bond acceptors (Lipinski definition) is 3. The van der Waals surface area contributed by atoms with Crippen molar-refractivity contribution in [2.24, 2.45) is 0 Å². The molecule has 2 amide bonds. The number of likely N-dealkylation sites (tertiary alicyclic amines) is 1. The van der Waals surface area contributed by atoms with E-state index in [1.807, 2.05) is 23.1 Å². The molecule has 1 fully saturated rings. The van der Waals surface area contributed by atoms with Gasteiger partial charge in [-0.2, -0.15) is 0 Å². The van der Waals surface area contributed by atoms with Crippen molar-refractivity contribution < 1.29 is 9.59 Å².